The minimum atomic E-state index is -3.96. The molecule has 0 bridgehead atoms. The van der Waals surface area contributed by atoms with Gasteiger partial charge in [0.1, 0.15) is 17.6 Å². The number of benzene rings is 1. The van der Waals surface area contributed by atoms with Gasteiger partial charge in [0.2, 0.25) is 10.0 Å². The van der Waals surface area contributed by atoms with Crippen LogP contribution in [0.15, 0.2) is 39.6 Å². The van der Waals surface area contributed by atoms with Crippen LogP contribution in [-0.4, -0.2) is 26.7 Å². The van der Waals surface area contributed by atoms with E-state index in [0.717, 1.165) is 6.07 Å². The molecule has 6 nitrogen and oxygen atoms in total. The Balaban J connectivity index is 2.08. The molecule has 8 heteroatoms. The lowest BCUT2D eigenvalue weighted by molar-refractivity contribution is 0.152. The molecule has 2 rings (SSSR count). The first-order chi connectivity index (χ1) is 10.8. The average Bonchev–Trinajstić information content (AvgIpc) is 2.94. The molecule has 0 saturated carbocycles. The molecule has 0 radical (unpaired) electrons. The van der Waals surface area contributed by atoms with Crippen molar-refractivity contribution in [3.8, 4) is 5.75 Å². The molecule has 0 saturated heterocycles. The number of nitrogens with one attached hydrogen (secondary N) is 1. The smallest absolute Gasteiger partial charge is 0.240 e. The van der Waals surface area contributed by atoms with Gasteiger partial charge in [-0.05, 0) is 44.2 Å². The van der Waals surface area contributed by atoms with Crippen LogP contribution < -0.4 is 9.46 Å². The Bertz CT molecular complexity index is 772. The van der Waals surface area contributed by atoms with E-state index >= 15 is 0 Å². The SMILES string of the molecule is CCOc1ccc(S(=O)(=O)NCC(O)c2ccc(C)o2)cc1F. The summed E-state index contributed by atoms with van der Waals surface area (Å²) in [7, 11) is -3.96. The molecule has 0 amide bonds. The number of furan rings is 1. The molecule has 0 aliphatic heterocycles. The molecule has 2 aromatic rings. The van der Waals surface area contributed by atoms with Gasteiger partial charge in [-0.25, -0.2) is 17.5 Å². The summed E-state index contributed by atoms with van der Waals surface area (Å²) in [5.41, 5.74) is 0. The Morgan fingerprint density at radius 2 is 2.09 bits per heavy atom. The summed E-state index contributed by atoms with van der Waals surface area (Å²) < 4.78 is 50.5. The fraction of sp³-hybridized carbons (Fsp3) is 0.333. The molecule has 1 heterocycles. The van der Waals surface area contributed by atoms with E-state index in [9.17, 15) is 17.9 Å². The van der Waals surface area contributed by atoms with Crippen molar-refractivity contribution in [2.45, 2.75) is 24.8 Å². The molecule has 23 heavy (non-hydrogen) atoms. The summed E-state index contributed by atoms with van der Waals surface area (Å²) in [6.45, 7) is 3.40. The predicted molar refractivity (Wildman–Crippen MR) is 81.2 cm³/mol. The highest BCUT2D eigenvalue weighted by atomic mass is 32.2. The van der Waals surface area contributed by atoms with E-state index in [1.165, 1.54) is 12.1 Å². The number of hydrogen-bond donors (Lipinski definition) is 2. The van der Waals surface area contributed by atoms with Crippen molar-refractivity contribution in [3.05, 3.63) is 47.7 Å². The van der Waals surface area contributed by atoms with Crippen LogP contribution in [0, 0.1) is 12.7 Å². The van der Waals surface area contributed by atoms with Crippen molar-refractivity contribution >= 4 is 10.0 Å². The van der Waals surface area contributed by atoms with Crippen LogP contribution in [0.4, 0.5) is 4.39 Å². The van der Waals surface area contributed by atoms with E-state index < -0.39 is 21.9 Å². The maximum Gasteiger partial charge on any atom is 0.240 e. The number of aliphatic hydroxyl groups is 1. The summed E-state index contributed by atoms with van der Waals surface area (Å²) in [4.78, 5) is -0.249. The third kappa shape index (κ3) is 4.31. The number of rotatable bonds is 7. The maximum atomic E-state index is 13.8. The normalized spacial score (nSPS) is 13.0. The predicted octanol–water partition coefficient (Wildman–Crippen LogP) is 2.14. The number of hydrogen-bond acceptors (Lipinski definition) is 5. The molecule has 1 aromatic heterocycles. The zero-order valence-electron chi connectivity index (χ0n) is 12.7. The van der Waals surface area contributed by atoms with Crippen molar-refractivity contribution in [3.63, 3.8) is 0 Å². The molecule has 0 aliphatic carbocycles. The quantitative estimate of drug-likeness (QED) is 0.804. The second kappa shape index (κ2) is 7.12. The molecular weight excluding hydrogens is 325 g/mol. The minimum Gasteiger partial charge on any atom is -0.491 e. The number of aryl methyl sites for hydroxylation is 1. The zero-order valence-corrected chi connectivity index (χ0v) is 13.6. The van der Waals surface area contributed by atoms with Gasteiger partial charge in [-0.3, -0.25) is 0 Å². The van der Waals surface area contributed by atoms with Crippen molar-refractivity contribution in [2.24, 2.45) is 0 Å². The number of halogens is 1. The van der Waals surface area contributed by atoms with E-state index in [4.69, 9.17) is 9.15 Å². The fourth-order valence-electron chi connectivity index (χ4n) is 1.93. The van der Waals surface area contributed by atoms with Crippen LogP contribution in [-0.2, 0) is 10.0 Å². The molecule has 0 spiro atoms. The van der Waals surface area contributed by atoms with Gasteiger partial charge >= 0.3 is 0 Å². The van der Waals surface area contributed by atoms with E-state index in [2.05, 4.69) is 4.72 Å². The van der Waals surface area contributed by atoms with E-state index in [-0.39, 0.29) is 29.6 Å². The molecule has 0 aliphatic rings. The van der Waals surface area contributed by atoms with E-state index in [0.29, 0.717) is 5.76 Å². The first-order valence-electron chi connectivity index (χ1n) is 7.00. The summed E-state index contributed by atoms with van der Waals surface area (Å²) in [5.74, 6) is 0.0769. The second-order valence-corrected chi connectivity index (χ2v) is 6.61. The zero-order chi connectivity index (χ0) is 17.0. The first kappa shape index (κ1) is 17.5. The van der Waals surface area contributed by atoms with Gasteiger partial charge in [-0.1, -0.05) is 0 Å². The summed E-state index contributed by atoms with van der Waals surface area (Å²) in [5, 5.41) is 9.90. The molecule has 1 aromatic carbocycles. The van der Waals surface area contributed by atoms with Crippen LogP contribution in [0.25, 0.3) is 0 Å². The summed E-state index contributed by atoms with van der Waals surface area (Å²) in [6.07, 6.45) is -1.13. The van der Waals surface area contributed by atoms with Gasteiger partial charge in [0, 0.05) is 6.54 Å². The van der Waals surface area contributed by atoms with Crippen molar-refractivity contribution in [2.75, 3.05) is 13.2 Å². The summed E-state index contributed by atoms with van der Waals surface area (Å²) >= 11 is 0. The third-order valence-electron chi connectivity index (χ3n) is 3.07. The number of aliphatic hydroxyl groups excluding tert-OH is 1. The van der Waals surface area contributed by atoms with Gasteiger partial charge in [-0.2, -0.15) is 0 Å². The number of sulfonamides is 1. The molecule has 1 unspecified atom stereocenters. The Morgan fingerprint density at radius 1 is 1.35 bits per heavy atom. The molecular formula is C15H18FNO5S. The van der Waals surface area contributed by atoms with Gasteiger partial charge in [0.25, 0.3) is 0 Å². The Labute approximate surface area is 133 Å². The van der Waals surface area contributed by atoms with Crippen molar-refractivity contribution in [1.82, 2.24) is 4.72 Å². The van der Waals surface area contributed by atoms with Crippen LogP contribution in [0.3, 0.4) is 0 Å². The van der Waals surface area contributed by atoms with Crippen molar-refractivity contribution in [1.29, 1.82) is 0 Å². The maximum absolute atomic E-state index is 13.8. The van der Waals surface area contributed by atoms with Gasteiger partial charge < -0.3 is 14.3 Å². The van der Waals surface area contributed by atoms with Crippen LogP contribution >= 0.6 is 0 Å². The Morgan fingerprint density at radius 3 is 2.65 bits per heavy atom. The third-order valence-corrected chi connectivity index (χ3v) is 4.49. The highest BCUT2D eigenvalue weighted by Crippen LogP contribution is 2.21. The summed E-state index contributed by atoms with van der Waals surface area (Å²) in [6, 6.07) is 6.58. The standard InChI is InChI=1S/C15H18FNO5S/c1-3-21-14-7-5-11(8-12(14)16)23(19,20)17-9-13(18)15-6-4-10(2)22-15/h4-8,13,17-18H,3,9H2,1-2H3. The van der Waals surface area contributed by atoms with Crippen molar-refractivity contribution < 1.29 is 27.1 Å². The van der Waals surface area contributed by atoms with E-state index in [1.807, 2.05) is 0 Å². The fourth-order valence-corrected chi connectivity index (χ4v) is 2.98. The molecule has 126 valence electrons. The minimum absolute atomic E-state index is 0.0162. The largest absolute Gasteiger partial charge is 0.491 e. The lowest BCUT2D eigenvalue weighted by Gasteiger charge is -2.11. The second-order valence-electron chi connectivity index (χ2n) is 4.84. The molecule has 2 N–H and O–H groups in total. The van der Waals surface area contributed by atoms with Crippen LogP contribution in [0.2, 0.25) is 0 Å². The van der Waals surface area contributed by atoms with Crippen LogP contribution in [0.1, 0.15) is 24.5 Å². The van der Waals surface area contributed by atoms with Gasteiger partial charge in [-0.15, -0.1) is 0 Å². The monoisotopic (exact) mass is 343 g/mol. The average molecular weight is 343 g/mol. The lowest BCUT2D eigenvalue weighted by atomic mass is 10.3. The first-order valence-corrected chi connectivity index (χ1v) is 8.48. The lowest BCUT2D eigenvalue weighted by Crippen LogP contribution is -2.28. The molecule has 0 fully saturated rings. The Hall–Kier alpha value is -1.90. The highest BCUT2D eigenvalue weighted by Gasteiger charge is 2.20. The highest BCUT2D eigenvalue weighted by molar-refractivity contribution is 7.89. The van der Waals surface area contributed by atoms with E-state index in [1.54, 1.807) is 26.0 Å². The number of ether oxygens (including phenoxy) is 1. The van der Waals surface area contributed by atoms with Gasteiger partial charge in [0.15, 0.2) is 11.6 Å². The molecule has 1 atom stereocenters. The van der Waals surface area contributed by atoms with Gasteiger partial charge in [0.05, 0.1) is 11.5 Å². The topological polar surface area (TPSA) is 88.8 Å². The van der Waals surface area contributed by atoms with Crippen LogP contribution in [0.5, 0.6) is 5.75 Å². The Kier molecular flexibility index (Phi) is 5.40.